The molecule has 0 atom stereocenters. The fourth-order valence-electron chi connectivity index (χ4n) is 1.81. The van der Waals surface area contributed by atoms with Gasteiger partial charge in [0, 0.05) is 27.1 Å². The molecule has 2 aromatic rings. The van der Waals surface area contributed by atoms with Crippen molar-refractivity contribution in [2.24, 2.45) is 0 Å². The van der Waals surface area contributed by atoms with Gasteiger partial charge in [-0.1, -0.05) is 31.9 Å². The topological polar surface area (TPSA) is 79.0 Å². The van der Waals surface area contributed by atoms with Gasteiger partial charge in [0.25, 0.3) is 5.69 Å². The fourth-order valence-corrected chi connectivity index (χ4v) is 2.52. The molecule has 7 heteroatoms. The first kappa shape index (κ1) is 15.5. The summed E-state index contributed by atoms with van der Waals surface area (Å²) in [7, 11) is 0. The molecule has 2 rings (SSSR count). The molecule has 0 aromatic heterocycles. The molecule has 0 fully saturated rings. The number of hydrogen-bond acceptors (Lipinski definition) is 4. The predicted molar refractivity (Wildman–Crippen MR) is 87.0 cm³/mol. The molecule has 0 amide bonds. The van der Waals surface area contributed by atoms with Crippen LogP contribution in [0.25, 0.3) is 0 Å². The Hall–Kier alpha value is -1.91. The summed E-state index contributed by atoms with van der Waals surface area (Å²) in [6, 6.07) is 12.2. The zero-order valence-electron chi connectivity index (χ0n) is 10.6. The van der Waals surface area contributed by atoms with Crippen molar-refractivity contribution in [1.82, 2.24) is 0 Å². The van der Waals surface area contributed by atoms with Crippen LogP contribution in [0.5, 0.6) is 0 Å². The third kappa shape index (κ3) is 3.80. The number of benzene rings is 2. The van der Waals surface area contributed by atoms with Crippen molar-refractivity contribution in [3.05, 3.63) is 66.6 Å². The smallest absolute Gasteiger partial charge is 0.275 e. The predicted octanol–water partition coefficient (Wildman–Crippen LogP) is 4.60. The molecule has 0 saturated carbocycles. The Balaban J connectivity index is 2.25. The van der Waals surface area contributed by atoms with Gasteiger partial charge in [-0.25, -0.2) is 0 Å². The van der Waals surface area contributed by atoms with Crippen LogP contribution >= 0.6 is 31.9 Å². The summed E-state index contributed by atoms with van der Waals surface area (Å²) < 4.78 is 1.46. The lowest BCUT2D eigenvalue weighted by molar-refractivity contribution is -0.385. The second-order valence-electron chi connectivity index (χ2n) is 4.19. The first-order valence-corrected chi connectivity index (χ1v) is 7.46. The van der Waals surface area contributed by atoms with E-state index in [0.29, 0.717) is 21.3 Å². The van der Waals surface area contributed by atoms with Crippen LogP contribution in [0, 0.1) is 21.4 Å². The summed E-state index contributed by atoms with van der Waals surface area (Å²) in [5.41, 5.74) is 1.70. The summed E-state index contributed by atoms with van der Waals surface area (Å²) >= 11 is 6.52. The number of halogens is 2. The van der Waals surface area contributed by atoms with Crippen molar-refractivity contribution in [2.75, 3.05) is 5.32 Å². The third-order valence-electron chi connectivity index (χ3n) is 2.82. The van der Waals surface area contributed by atoms with E-state index in [0.717, 1.165) is 4.47 Å². The average Bonchev–Trinajstić information content (AvgIpc) is 2.46. The Bertz CT molecular complexity index is 741. The summed E-state index contributed by atoms with van der Waals surface area (Å²) in [4.78, 5) is 10.6. The van der Waals surface area contributed by atoms with Crippen LogP contribution in [0.1, 0.15) is 11.1 Å². The molecule has 0 saturated heterocycles. The van der Waals surface area contributed by atoms with Crippen LogP contribution in [0.3, 0.4) is 0 Å². The zero-order chi connectivity index (χ0) is 15.4. The van der Waals surface area contributed by atoms with E-state index in [1.165, 1.54) is 6.07 Å². The molecule has 0 bridgehead atoms. The lowest BCUT2D eigenvalue weighted by Gasteiger charge is -2.09. The van der Waals surface area contributed by atoms with Gasteiger partial charge in [0.1, 0.15) is 6.07 Å². The lowest BCUT2D eigenvalue weighted by Crippen LogP contribution is -2.04. The van der Waals surface area contributed by atoms with Gasteiger partial charge in [0.15, 0.2) is 0 Å². The Morgan fingerprint density at radius 3 is 2.52 bits per heavy atom. The van der Waals surface area contributed by atoms with Crippen molar-refractivity contribution in [3.8, 4) is 6.07 Å². The van der Waals surface area contributed by atoms with Crippen LogP contribution in [0.4, 0.5) is 11.4 Å². The SMILES string of the molecule is N#Cc1cc(Br)ccc1NCc1ccc(Br)cc1[N+](=O)[O-]. The van der Waals surface area contributed by atoms with E-state index >= 15 is 0 Å². The van der Waals surface area contributed by atoms with Gasteiger partial charge in [0.2, 0.25) is 0 Å². The van der Waals surface area contributed by atoms with E-state index in [1.807, 2.05) is 0 Å². The highest BCUT2D eigenvalue weighted by molar-refractivity contribution is 9.10. The first-order valence-electron chi connectivity index (χ1n) is 5.87. The van der Waals surface area contributed by atoms with E-state index in [1.54, 1.807) is 30.3 Å². The highest BCUT2D eigenvalue weighted by atomic mass is 79.9. The minimum absolute atomic E-state index is 0.0347. The van der Waals surface area contributed by atoms with Crippen LogP contribution in [-0.4, -0.2) is 4.92 Å². The maximum absolute atomic E-state index is 11.1. The fraction of sp³-hybridized carbons (Fsp3) is 0.0714. The molecule has 0 aliphatic heterocycles. The standard InChI is InChI=1S/C14H9Br2N3O2/c15-11-3-4-13(10(5-11)7-17)18-8-9-1-2-12(16)6-14(9)19(20)21/h1-6,18H,8H2. The van der Waals surface area contributed by atoms with Crippen LogP contribution in [-0.2, 0) is 6.54 Å². The van der Waals surface area contributed by atoms with Crippen molar-refractivity contribution in [1.29, 1.82) is 5.26 Å². The van der Waals surface area contributed by atoms with E-state index in [4.69, 9.17) is 5.26 Å². The minimum Gasteiger partial charge on any atom is -0.380 e. The maximum Gasteiger partial charge on any atom is 0.275 e. The van der Waals surface area contributed by atoms with Gasteiger partial charge >= 0.3 is 0 Å². The molecular weight excluding hydrogens is 402 g/mol. The van der Waals surface area contributed by atoms with Gasteiger partial charge in [-0.2, -0.15) is 5.26 Å². The molecule has 5 nitrogen and oxygen atoms in total. The molecule has 0 heterocycles. The van der Waals surface area contributed by atoms with E-state index < -0.39 is 4.92 Å². The monoisotopic (exact) mass is 409 g/mol. The van der Waals surface area contributed by atoms with Crippen LogP contribution in [0.15, 0.2) is 45.3 Å². The van der Waals surface area contributed by atoms with Crippen molar-refractivity contribution < 1.29 is 4.92 Å². The molecule has 21 heavy (non-hydrogen) atoms. The molecule has 0 unspecified atom stereocenters. The highest BCUT2D eigenvalue weighted by Crippen LogP contribution is 2.26. The van der Waals surface area contributed by atoms with E-state index in [2.05, 4.69) is 43.2 Å². The second kappa shape index (κ2) is 6.70. The lowest BCUT2D eigenvalue weighted by atomic mass is 10.1. The average molecular weight is 411 g/mol. The first-order chi connectivity index (χ1) is 10.0. The van der Waals surface area contributed by atoms with Crippen molar-refractivity contribution >= 4 is 43.2 Å². The zero-order valence-corrected chi connectivity index (χ0v) is 13.8. The molecule has 0 radical (unpaired) electrons. The number of nitrogens with zero attached hydrogens (tertiary/aromatic N) is 2. The quantitative estimate of drug-likeness (QED) is 0.589. The number of nitro groups is 1. The maximum atomic E-state index is 11.1. The van der Waals surface area contributed by atoms with Crippen LogP contribution in [0.2, 0.25) is 0 Å². The summed E-state index contributed by atoms with van der Waals surface area (Å²) in [6.07, 6.45) is 0. The van der Waals surface area contributed by atoms with E-state index in [-0.39, 0.29) is 12.2 Å². The molecular formula is C14H9Br2N3O2. The Morgan fingerprint density at radius 1 is 1.19 bits per heavy atom. The number of anilines is 1. The van der Waals surface area contributed by atoms with Crippen LogP contribution < -0.4 is 5.32 Å². The van der Waals surface area contributed by atoms with Gasteiger partial charge < -0.3 is 5.32 Å². The molecule has 1 N–H and O–H groups in total. The molecule has 106 valence electrons. The van der Waals surface area contributed by atoms with Gasteiger partial charge in [-0.15, -0.1) is 0 Å². The normalized spacial score (nSPS) is 9.95. The van der Waals surface area contributed by atoms with Gasteiger partial charge in [-0.3, -0.25) is 10.1 Å². The van der Waals surface area contributed by atoms with E-state index in [9.17, 15) is 10.1 Å². The van der Waals surface area contributed by atoms with Gasteiger partial charge in [0.05, 0.1) is 16.2 Å². The summed E-state index contributed by atoms with van der Waals surface area (Å²) in [6.45, 7) is 0.264. The Morgan fingerprint density at radius 2 is 1.86 bits per heavy atom. The third-order valence-corrected chi connectivity index (χ3v) is 3.80. The summed E-state index contributed by atoms with van der Waals surface area (Å²) in [5, 5.41) is 23.2. The summed E-state index contributed by atoms with van der Waals surface area (Å²) in [5.74, 6) is 0. The molecule has 0 aliphatic carbocycles. The number of nitrogens with one attached hydrogen (secondary N) is 1. The van der Waals surface area contributed by atoms with Gasteiger partial charge in [-0.05, 0) is 30.3 Å². The molecule has 2 aromatic carbocycles. The molecule has 0 aliphatic rings. The minimum atomic E-state index is -0.422. The largest absolute Gasteiger partial charge is 0.380 e. The number of rotatable bonds is 4. The molecule has 0 spiro atoms. The van der Waals surface area contributed by atoms with Crippen molar-refractivity contribution in [2.45, 2.75) is 6.54 Å². The number of nitriles is 1. The Kier molecular flexibility index (Phi) is 4.94. The second-order valence-corrected chi connectivity index (χ2v) is 6.02. The Labute approximate surface area is 138 Å². The highest BCUT2D eigenvalue weighted by Gasteiger charge is 2.14. The number of nitro benzene ring substituents is 1. The van der Waals surface area contributed by atoms with Crippen molar-refractivity contribution in [3.63, 3.8) is 0 Å². The number of hydrogen-bond donors (Lipinski definition) is 1.